The summed E-state index contributed by atoms with van der Waals surface area (Å²) in [5.41, 5.74) is 5.65. The summed E-state index contributed by atoms with van der Waals surface area (Å²) in [6, 6.07) is 2.33. The summed E-state index contributed by atoms with van der Waals surface area (Å²) in [5, 5.41) is 14.8. The largest absolute Gasteiger partial charge is 0.472 e. The molecular formula is C25H34F3N5O4S. The second-order valence-corrected chi connectivity index (χ2v) is 9.82. The number of piperidine rings is 1. The maximum Gasteiger partial charge on any atom is 0.319 e. The van der Waals surface area contributed by atoms with E-state index in [2.05, 4.69) is 19.9 Å². The number of rotatable bonds is 14. The number of benzene rings is 1. The number of urea groups is 1. The molecule has 0 radical (unpaired) electrons. The Morgan fingerprint density at radius 3 is 2.53 bits per heavy atom. The summed E-state index contributed by atoms with van der Waals surface area (Å²) in [5.74, 6) is -1.10. The molecule has 0 spiro atoms. The van der Waals surface area contributed by atoms with E-state index in [1.54, 1.807) is 0 Å². The first-order chi connectivity index (χ1) is 18.4. The highest BCUT2D eigenvalue weighted by atomic mass is 32.1. The van der Waals surface area contributed by atoms with E-state index in [0.29, 0.717) is 6.54 Å². The Balaban J connectivity index is 1.55. The van der Waals surface area contributed by atoms with Crippen molar-refractivity contribution in [3.05, 3.63) is 39.9 Å². The number of hydrogen-bond acceptors (Lipinski definition) is 7. The summed E-state index contributed by atoms with van der Waals surface area (Å²) < 4.78 is 49.9. The molecule has 1 saturated heterocycles. The lowest BCUT2D eigenvalue weighted by molar-refractivity contribution is 0.0888. The van der Waals surface area contributed by atoms with Crippen molar-refractivity contribution in [2.75, 3.05) is 31.6 Å². The molecular weight excluding hydrogens is 523 g/mol. The number of carbonyl (C=O) groups is 2. The van der Waals surface area contributed by atoms with Gasteiger partial charge in [0.2, 0.25) is 5.88 Å². The number of unbranched alkanes of at least 4 members (excludes halogenated alkanes) is 1. The third-order valence-electron chi connectivity index (χ3n) is 6.65. The van der Waals surface area contributed by atoms with Crippen LogP contribution in [0.5, 0.6) is 5.88 Å². The molecule has 1 aromatic heterocycles. The Labute approximate surface area is 223 Å². The average Bonchev–Trinajstić information content (AvgIpc) is 3.33. The van der Waals surface area contributed by atoms with Crippen LogP contribution in [0.15, 0.2) is 12.1 Å². The molecule has 38 heavy (non-hydrogen) atoms. The van der Waals surface area contributed by atoms with E-state index >= 15 is 0 Å². The molecule has 0 bridgehead atoms. The van der Waals surface area contributed by atoms with Gasteiger partial charge in [-0.2, -0.15) is 4.37 Å². The fourth-order valence-electron chi connectivity index (χ4n) is 4.55. The van der Waals surface area contributed by atoms with Crippen LogP contribution in [0.2, 0.25) is 0 Å². The molecule has 1 atom stereocenters. The van der Waals surface area contributed by atoms with Gasteiger partial charge < -0.3 is 20.9 Å². The zero-order chi connectivity index (χ0) is 27.5. The number of nitrogens with zero attached hydrogens (tertiary/aromatic N) is 2. The number of nitrogens with two attached hydrogens (primary N) is 1. The smallest absolute Gasteiger partial charge is 0.319 e. The number of alkyl halides is 3. The van der Waals surface area contributed by atoms with Crippen LogP contribution in [-0.4, -0.2) is 58.6 Å². The molecule has 2 heterocycles. The van der Waals surface area contributed by atoms with Gasteiger partial charge in [0, 0.05) is 18.2 Å². The van der Waals surface area contributed by atoms with Crippen molar-refractivity contribution in [2.24, 2.45) is 5.73 Å². The molecule has 13 heteroatoms. The van der Waals surface area contributed by atoms with E-state index in [9.17, 15) is 27.9 Å². The highest BCUT2D eigenvalue weighted by Gasteiger charge is 2.24. The third-order valence-corrected chi connectivity index (χ3v) is 7.40. The van der Waals surface area contributed by atoms with Crippen molar-refractivity contribution >= 4 is 28.5 Å². The number of nitrogens with one attached hydrogen (secondary N) is 2. The number of amides is 3. The van der Waals surface area contributed by atoms with Crippen molar-refractivity contribution in [3.63, 3.8) is 0 Å². The predicted octanol–water partition coefficient (Wildman–Crippen LogP) is 3.98. The van der Waals surface area contributed by atoms with E-state index in [4.69, 9.17) is 10.5 Å². The normalized spacial score (nSPS) is 15.8. The molecule has 3 rings (SSSR count). The maximum absolute atomic E-state index is 13.6. The van der Waals surface area contributed by atoms with Gasteiger partial charge in [0.15, 0.2) is 0 Å². The van der Waals surface area contributed by atoms with Crippen LogP contribution in [0.25, 0.3) is 0 Å². The summed E-state index contributed by atoms with van der Waals surface area (Å²) in [6.07, 6.45) is 4.83. The van der Waals surface area contributed by atoms with Crippen LogP contribution in [0.1, 0.15) is 64.7 Å². The van der Waals surface area contributed by atoms with Crippen LogP contribution in [-0.2, 0) is 26.6 Å². The highest BCUT2D eigenvalue weighted by Crippen LogP contribution is 2.32. The number of aliphatic hydroxyl groups is 1. The predicted molar refractivity (Wildman–Crippen MR) is 138 cm³/mol. The molecule has 1 aliphatic rings. The number of aromatic nitrogens is 1. The van der Waals surface area contributed by atoms with Gasteiger partial charge in [0.25, 0.3) is 5.91 Å². The molecule has 1 unspecified atom stereocenters. The quantitative estimate of drug-likeness (QED) is 0.260. The number of likely N-dealkylation sites (tertiary alicyclic amines) is 1. The molecule has 1 aliphatic heterocycles. The van der Waals surface area contributed by atoms with Crippen LogP contribution < -0.4 is 21.1 Å². The van der Waals surface area contributed by atoms with Crippen molar-refractivity contribution in [1.82, 2.24) is 14.6 Å². The molecule has 9 nitrogen and oxygen atoms in total. The molecule has 3 amide bonds. The third kappa shape index (κ3) is 7.58. The Morgan fingerprint density at radius 1 is 1.13 bits per heavy atom. The second-order valence-electron chi connectivity index (χ2n) is 9.04. The van der Waals surface area contributed by atoms with E-state index < -0.39 is 32.0 Å². The Morgan fingerprint density at radius 2 is 1.87 bits per heavy atom. The fourth-order valence-corrected chi connectivity index (χ4v) is 5.29. The van der Waals surface area contributed by atoms with Crippen molar-refractivity contribution in [2.45, 2.75) is 64.8 Å². The zero-order valence-electron chi connectivity index (χ0n) is 21.1. The molecule has 1 aromatic carbocycles. The number of halogens is 3. The molecule has 0 aliphatic carbocycles. The minimum atomic E-state index is -1.02. The fraction of sp³-hybridized carbons (Fsp3) is 0.560. The minimum absolute atomic E-state index is 0.0107. The van der Waals surface area contributed by atoms with Crippen LogP contribution >= 0.6 is 11.5 Å². The number of aliphatic hydroxyl groups excluding tert-OH is 1. The van der Waals surface area contributed by atoms with Gasteiger partial charge in [-0.05, 0) is 67.0 Å². The Kier molecular flexibility index (Phi) is 11.6. The summed E-state index contributed by atoms with van der Waals surface area (Å²) in [4.78, 5) is 26.7. The molecule has 5 N–H and O–H groups in total. The number of hydrogen-bond donors (Lipinski definition) is 4. The monoisotopic (exact) mass is 557 g/mol. The van der Waals surface area contributed by atoms with E-state index in [1.807, 2.05) is 0 Å². The summed E-state index contributed by atoms with van der Waals surface area (Å²) in [7, 11) is 0. The van der Waals surface area contributed by atoms with Gasteiger partial charge in [-0.3, -0.25) is 15.0 Å². The SMILES string of the molecule is NC(=O)c1c(OCc2c(CF)ccc(CF)c2CF)nsc1NC(=O)NCCCCN1CCCCC1CO. The van der Waals surface area contributed by atoms with Gasteiger partial charge >= 0.3 is 6.03 Å². The first-order valence-corrected chi connectivity index (χ1v) is 13.3. The first-order valence-electron chi connectivity index (χ1n) is 12.6. The van der Waals surface area contributed by atoms with Crippen molar-refractivity contribution in [3.8, 4) is 5.88 Å². The van der Waals surface area contributed by atoms with Gasteiger partial charge in [-0.1, -0.05) is 18.6 Å². The standard InChI is InChI=1S/C25H34F3N5O4S/c26-11-16-6-7-17(12-27)20(19(16)13-28)15-37-23-21(22(29)35)24(38-32-23)31-25(36)30-8-2-4-10-33-9-3-1-5-18(33)14-34/h6-7,18,34H,1-5,8-15H2,(H2,29,35)(H2,30,31,36). The van der Waals surface area contributed by atoms with Crippen molar-refractivity contribution in [1.29, 1.82) is 0 Å². The van der Waals surface area contributed by atoms with Crippen LogP contribution in [0, 0.1) is 0 Å². The lowest BCUT2D eigenvalue weighted by Crippen LogP contribution is -2.42. The van der Waals surface area contributed by atoms with Gasteiger partial charge in [0.1, 0.15) is 37.2 Å². The van der Waals surface area contributed by atoms with Gasteiger partial charge in [0.05, 0.1) is 6.61 Å². The molecule has 210 valence electrons. The van der Waals surface area contributed by atoms with Crippen molar-refractivity contribution < 1.29 is 32.6 Å². The van der Waals surface area contributed by atoms with E-state index in [1.165, 1.54) is 12.1 Å². The molecule has 2 aromatic rings. The first kappa shape index (κ1) is 29.7. The van der Waals surface area contributed by atoms with Crippen LogP contribution in [0.3, 0.4) is 0 Å². The number of primary amides is 1. The molecule has 0 saturated carbocycles. The summed E-state index contributed by atoms with van der Waals surface area (Å²) in [6.45, 7) is -0.844. The van der Waals surface area contributed by atoms with Crippen LogP contribution in [0.4, 0.5) is 23.0 Å². The summed E-state index contributed by atoms with van der Waals surface area (Å²) >= 11 is 0.774. The Hall–Kier alpha value is -2.90. The number of anilines is 1. The molecule has 1 fully saturated rings. The topological polar surface area (TPSA) is 130 Å². The zero-order valence-corrected chi connectivity index (χ0v) is 21.9. The van der Waals surface area contributed by atoms with Gasteiger partial charge in [-0.15, -0.1) is 0 Å². The Bertz CT molecular complexity index is 1090. The maximum atomic E-state index is 13.6. The second kappa shape index (κ2) is 14.9. The lowest BCUT2D eigenvalue weighted by atomic mass is 9.98. The lowest BCUT2D eigenvalue weighted by Gasteiger charge is -2.34. The minimum Gasteiger partial charge on any atom is -0.472 e. The van der Waals surface area contributed by atoms with Gasteiger partial charge in [-0.25, -0.2) is 18.0 Å². The average molecular weight is 558 g/mol. The number of ether oxygens (including phenoxy) is 1. The van der Waals surface area contributed by atoms with E-state index in [0.717, 1.165) is 56.7 Å². The number of carbonyl (C=O) groups excluding carboxylic acids is 2. The van der Waals surface area contributed by atoms with E-state index in [-0.39, 0.29) is 58.0 Å². The highest BCUT2D eigenvalue weighted by molar-refractivity contribution is 7.11.